The van der Waals surface area contributed by atoms with Crippen LogP contribution in [0.5, 0.6) is 0 Å². The Hall–Kier alpha value is -0.960. The molecule has 0 aromatic heterocycles. The Balaban J connectivity index is 2.15. The van der Waals surface area contributed by atoms with Gasteiger partial charge in [-0.25, -0.2) is 13.1 Å². The summed E-state index contributed by atoms with van der Waals surface area (Å²) in [4.78, 5) is 0.267. The normalized spacial score (nSPS) is 11.5. The SMILES string of the molecule is NCc1ccccc1CNS(=O)(=O)c1ccc(I)cc1. The minimum atomic E-state index is -3.49. The summed E-state index contributed by atoms with van der Waals surface area (Å²) in [5, 5.41) is 0. The molecule has 0 atom stereocenters. The summed E-state index contributed by atoms with van der Waals surface area (Å²) in [6, 6.07) is 14.3. The van der Waals surface area contributed by atoms with E-state index in [9.17, 15) is 8.42 Å². The Morgan fingerprint density at radius 2 is 1.60 bits per heavy atom. The highest BCUT2D eigenvalue weighted by molar-refractivity contribution is 14.1. The lowest BCUT2D eigenvalue weighted by atomic mass is 10.1. The lowest BCUT2D eigenvalue weighted by molar-refractivity contribution is 0.581. The van der Waals surface area contributed by atoms with Gasteiger partial charge in [-0.1, -0.05) is 24.3 Å². The van der Waals surface area contributed by atoms with E-state index in [-0.39, 0.29) is 11.4 Å². The van der Waals surface area contributed by atoms with E-state index in [1.165, 1.54) is 0 Å². The minimum Gasteiger partial charge on any atom is -0.326 e. The highest BCUT2D eigenvalue weighted by atomic mass is 127. The molecule has 20 heavy (non-hydrogen) atoms. The molecule has 0 aliphatic heterocycles. The molecular weight excluding hydrogens is 387 g/mol. The van der Waals surface area contributed by atoms with Gasteiger partial charge in [0.15, 0.2) is 0 Å². The molecule has 0 spiro atoms. The molecule has 0 saturated carbocycles. The third-order valence-corrected chi connectivity index (χ3v) is 5.05. The van der Waals surface area contributed by atoms with E-state index in [1.807, 2.05) is 24.3 Å². The van der Waals surface area contributed by atoms with Gasteiger partial charge in [-0.2, -0.15) is 0 Å². The van der Waals surface area contributed by atoms with E-state index in [0.717, 1.165) is 14.7 Å². The number of halogens is 1. The number of nitrogens with one attached hydrogen (secondary N) is 1. The van der Waals surface area contributed by atoms with Crippen LogP contribution in [-0.2, 0) is 23.1 Å². The topological polar surface area (TPSA) is 72.2 Å². The third-order valence-electron chi connectivity index (χ3n) is 2.91. The van der Waals surface area contributed by atoms with Crippen molar-refractivity contribution in [1.29, 1.82) is 0 Å². The van der Waals surface area contributed by atoms with Crippen LogP contribution in [-0.4, -0.2) is 8.42 Å². The summed E-state index contributed by atoms with van der Waals surface area (Å²) in [5.41, 5.74) is 7.47. The van der Waals surface area contributed by atoms with Gasteiger partial charge >= 0.3 is 0 Å². The Kier molecular flexibility index (Phi) is 5.14. The van der Waals surface area contributed by atoms with Gasteiger partial charge in [0.1, 0.15) is 0 Å². The van der Waals surface area contributed by atoms with Crippen LogP contribution in [0, 0.1) is 3.57 Å². The predicted octanol–water partition coefficient (Wildman–Crippen LogP) is 2.23. The van der Waals surface area contributed by atoms with Crippen molar-refractivity contribution in [2.75, 3.05) is 0 Å². The predicted molar refractivity (Wildman–Crippen MR) is 87.5 cm³/mol. The smallest absolute Gasteiger partial charge is 0.240 e. The molecule has 2 aromatic rings. The van der Waals surface area contributed by atoms with Gasteiger partial charge in [0.25, 0.3) is 0 Å². The summed E-state index contributed by atoms with van der Waals surface area (Å²) >= 11 is 2.14. The molecule has 0 fully saturated rings. The first-order valence-electron chi connectivity index (χ1n) is 6.05. The highest BCUT2D eigenvalue weighted by Crippen LogP contribution is 2.13. The van der Waals surface area contributed by atoms with E-state index in [0.29, 0.717) is 6.54 Å². The van der Waals surface area contributed by atoms with Gasteiger partial charge in [0.2, 0.25) is 10.0 Å². The average molecular weight is 402 g/mol. The van der Waals surface area contributed by atoms with Crippen molar-refractivity contribution in [3.05, 3.63) is 63.2 Å². The van der Waals surface area contributed by atoms with E-state index in [1.54, 1.807) is 24.3 Å². The summed E-state index contributed by atoms with van der Waals surface area (Å²) < 4.78 is 27.9. The molecule has 2 rings (SSSR count). The van der Waals surface area contributed by atoms with E-state index in [2.05, 4.69) is 27.3 Å². The van der Waals surface area contributed by atoms with Crippen LogP contribution < -0.4 is 10.5 Å². The lowest BCUT2D eigenvalue weighted by Gasteiger charge is -2.10. The van der Waals surface area contributed by atoms with Gasteiger partial charge in [-0.3, -0.25) is 0 Å². The number of nitrogens with two attached hydrogens (primary N) is 1. The molecule has 0 heterocycles. The summed E-state index contributed by atoms with van der Waals surface area (Å²) in [7, 11) is -3.49. The van der Waals surface area contributed by atoms with Crippen LogP contribution >= 0.6 is 22.6 Å². The first-order chi connectivity index (χ1) is 9.53. The maximum Gasteiger partial charge on any atom is 0.240 e. The van der Waals surface area contributed by atoms with Crippen molar-refractivity contribution in [2.45, 2.75) is 18.0 Å². The second-order valence-corrected chi connectivity index (χ2v) is 7.26. The maximum absolute atomic E-state index is 12.2. The third kappa shape index (κ3) is 3.78. The molecule has 0 amide bonds. The molecule has 0 unspecified atom stereocenters. The number of sulfonamides is 1. The van der Waals surface area contributed by atoms with E-state index >= 15 is 0 Å². The van der Waals surface area contributed by atoms with Gasteiger partial charge in [-0.15, -0.1) is 0 Å². The lowest BCUT2D eigenvalue weighted by Crippen LogP contribution is -2.24. The van der Waals surface area contributed by atoms with Crippen LogP contribution in [0.3, 0.4) is 0 Å². The van der Waals surface area contributed by atoms with Crippen molar-refractivity contribution in [2.24, 2.45) is 5.73 Å². The molecule has 2 aromatic carbocycles. The molecule has 3 N–H and O–H groups in total. The second-order valence-electron chi connectivity index (χ2n) is 4.25. The number of benzene rings is 2. The van der Waals surface area contributed by atoms with Gasteiger partial charge in [-0.05, 0) is 58.0 Å². The summed E-state index contributed by atoms with van der Waals surface area (Å²) in [5.74, 6) is 0. The minimum absolute atomic E-state index is 0.238. The zero-order valence-electron chi connectivity index (χ0n) is 10.7. The summed E-state index contributed by atoms with van der Waals surface area (Å²) in [6.07, 6.45) is 0. The molecule has 0 radical (unpaired) electrons. The largest absolute Gasteiger partial charge is 0.326 e. The quantitative estimate of drug-likeness (QED) is 0.754. The second kappa shape index (κ2) is 6.66. The molecule has 106 valence electrons. The zero-order chi connectivity index (χ0) is 14.6. The Bertz CT molecular complexity index is 685. The van der Waals surface area contributed by atoms with Crippen LogP contribution in [0.2, 0.25) is 0 Å². The number of hydrogen-bond acceptors (Lipinski definition) is 3. The fourth-order valence-corrected chi connectivity index (χ4v) is 3.17. The molecule has 0 aliphatic rings. The Labute approximate surface area is 132 Å². The van der Waals surface area contributed by atoms with Crippen LogP contribution in [0.4, 0.5) is 0 Å². The van der Waals surface area contributed by atoms with Crippen LogP contribution in [0.1, 0.15) is 11.1 Å². The van der Waals surface area contributed by atoms with Crippen LogP contribution in [0.25, 0.3) is 0 Å². The molecule has 0 saturated heterocycles. The molecule has 0 aliphatic carbocycles. The Morgan fingerprint density at radius 3 is 2.20 bits per heavy atom. The van der Waals surface area contributed by atoms with E-state index < -0.39 is 10.0 Å². The molecule has 4 nitrogen and oxygen atoms in total. The van der Waals surface area contributed by atoms with Crippen molar-refractivity contribution in [1.82, 2.24) is 4.72 Å². The monoisotopic (exact) mass is 402 g/mol. The van der Waals surface area contributed by atoms with E-state index in [4.69, 9.17) is 5.73 Å². The van der Waals surface area contributed by atoms with Crippen molar-refractivity contribution in [3.63, 3.8) is 0 Å². The van der Waals surface area contributed by atoms with Crippen molar-refractivity contribution < 1.29 is 8.42 Å². The van der Waals surface area contributed by atoms with Crippen LogP contribution in [0.15, 0.2) is 53.4 Å². The van der Waals surface area contributed by atoms with Crippen molar-refractivity contribution >= 4 is 32.6 Å². The average Bonchev–Trinajstić information content (AvgIpc) is 2.46. The molecule has 6 heteroatoms. The van der Waals surface area contributed by atoms with Gasteiger partial charge in [0, 0.05) is 16.7 Å². The van der Waals surface area contributed by atoms with Gasteiger partial charge in [0.05, 0.1) is 4.90 Å². The first-order valence-corrected chi connectivity index (χ1v) is 8.61. The fraction of sp³-hybridized carbons (Fsp3) is 0.143. The van der Waals surface area contributed by atoms with Gasteiger partial charge < -0.3 is 5.73 Å². The highest BCUT2D eigenvalue weighted by Gasteiger charge is 2.13. The molecule has 0 bridgehead atoms. The fourth-order valence-electron chi connectivity index (χ4n) is 1.80. The zero-order valence-corrected chi connectivity index (χ0v) is 13.7. The molecular formula is C14H15IN2O2S. The Morgan fingerprint density at radius 1 is 1.00 bits per heavy atom. The maximum atomic E-state index is 12.2. The summed E-state index contributed by atoms with van der Waals surface area (Å²) in [6.45, 7) is 0.628. The number of hydrogen-bond donors (Lipinski definition) is 2. The first kappa shape index (κ1) is 15.4. The standard InChI is InChI=1S/C14H15IN2O2S/c15-13-5-7-14(8-6-13)20(18,19)17-10-12-4-2-1-3-11(12)9-16/h1-8,17H,9-10,16H2. The van der Waals surface area contributed by atoms with Crippen molar-refractivity contribution in [3.8, 4) is 0 Å². The number of rotatable bonds is 5.